The first kappa shape index (κ1) is 16.8. The maximum absolute atomic E-state index is 9.48. The van der Waals surface area contributed by atoms with Crippen LogP contribution < -0.4 is 0 Å². The van der Waals surface area contributed by atoms with E-state index in [1.54, 1.807) is 14.2 Å². The van der Waals surface area contributed by atoms with Crippen LogP contribution in [0, 0.1) is 0 Å². The highest BCUT2D eigenvalue weighted by atomic mass is 16.7. The average Bonchev–Trinajstić information content (AvgIpc) is 2.36. The van der Waals surface area contributed by atoms with Crippen molar-refractivity contribution in [2.75, 3.05) is 48.6 Å². The summed E-state index contributed by atoms with van der Waals surface area (Å²) in [6, 6.07) is -0.0330. The summed E-state index contributed by atoms with van der Waals surface area (Å²) < 4.78 is 23.3. The molecule has 1 N–H and O–H groups in total. The largest absolute Gasteiger partial charge is 0.394 e. The molecule has 0 aromatic rings. The van der Waals surface area contributed by atoms with Crippen molar-refractivity contribution in [3.8, 4) is 0 Å². The van der Waals surface area contributed by atoms with E-state index < -0.39 is 12.4 Å². The monoisotopic (exact) mass is 278 g/mol. The molecule has 1 fully saturated rings. The molecule has 0 aromatic carbocycles. The van der Waals surface area contributed by atoms with Gasteiger partial charge in [0.2, 0.25) is 6.29 Å². The zero-order chi connectivity index (χ0) is 14.6. The summed E-state index contributed by atoms with van der Waals surface area (Å²) in [5, 5.41) is 9.48. The van der Waals surface area contributed by atoms with Gasteiger partial charge < -0.3 is 28.5 Å². The highest BCUT2D eigenvalue weighted by Gasteiger charge is 2.53. The van der Waals surface area contributed by atoms with Crippen LogP contribution in [0.5, 0.6) is 0 Å². The molecule has 1 saturated heterocycles. The standard InChI is InChI=1S/C13H28NO5/c1-7-18-11-9(8-15)19-13(17-6)10(12(11)16-5)14(2,3)4/h9-13,15H,7-8H2,1-6H3/q+1. The molecule has 1 aliphatic rings. The molecule has 6 heteroatoms. The Morgan fingerprint density at radius 3 is 2.11 bits per heavy atom. The number of quaternary nitrogens is 1. The molecule has 6 nitrogen and oxygen atoms in total. The van der Waals surface area contributed by atoms with Crippen molar-refractivity contribution in [3.63, 3.8) is 0 Å². The quantitative estimate of drug-likeness (QED) is 0.685. The number of ether oxygens (including phenoxy) is 4. The summed E-state index contributed by atoms with van der Waals surface area (Å²) in [4.78, 5) is 0. The topological polar surface area (TPSA) is 57.2 Å². The first-order valence-corrected chi connectivity index (χ1v) is 6.65. The average molecular weight is 278 g/mol. The molecule has 19 heavy (non-hydrogen) atoms. The molecule has 0 aliphatic carbocycles. The molecule has 0 radical (unpaired) electrons. The van der Waals surface area contributed by atoms with E-state index in [-0.39, 0.29) is 24.9 Å². The van der Waals surface area contributed by atoms with Crippen molar-refractivity contribution in [2.24, 2.45) is 0 Å². The maximum Gasteiger partial charge on any atom is 0.213 e. The number of likely N-dealkylation sites (N-methyl/N-ethyl adjacent to an activating group) is 1. The molecular weight excluding hydrogens is 250 g/mol. The molecule has 5 unspecified atom stereocenters. The van der Waals surface area contributed by atoms with Gasteiger partial charge in [0, 0.05) is 20.8 Å². The predicted octanol–water partition coefficient (Wildman–Crippen LogP) is -0.155. The number of hydrogen-bond donors (Lipinski definition) is 1. The molecule has 1 heterocycles. The van der Waals surface area contributed by atoms with E-state index in [0.717, 1.165) is 0 Å². The van der Waals surface area contributed by atoms with E-state index in [2.05, 4.69) is 21.1 Å². The van der Waals surface area contributed by atoms with Crippen LogP contribution in [0.4, 0.5) is 0 Å². The van der Waals surface area contributed by atoms with Crippen LogP contribution in [0.2, 0.25) is 0 Å². The van der Waals surface area contributed by atoms with Gasteiger partial charge in [0.25, 0.3) is 0 Å². The summed E-state index contributed by atoms with van der Waals surface area (Å²) >= 11 is 0. The van der Waals surface area contributed by atoms with Gasteiger partial charge in [-0.1, -0.05) is 0 Å². The van der Waals surface area contributed by atoms with Gasteiger partial charge >= 0.3 is 0 Å². The lowest BCUT2D eigenvalue weighted by atomic mass is 9.94. The Hall–Kier alpha value is -0.240. The van der Waals surface area contributed by atoms with E-state index in [0.29, 0.717) is 11.1 Å². The van der Waals surface area contributed by atoms with Crippen molar-refractivity contribution in [2.45, 2.75) is 37.6 Å². The lowest BCUT2D eigenvalue weighted by Crippen LogP contribution is -2.69. The molecule has 0 amide bonds. The Morgan fingerprint density at radius 1 is 1.11 bits per heavy atom. The fourth-order valence-corrected chi connectivity index (χ4v) is 2.71. The summed E-state index contributed by atoms with van der Waals surface area (Å²) in [6.45, 7) is 2.35. The molecule has 0 spiro atoms. The van der Waals surface area contributed by atoms with Gasteiger partial charge in [-0.3, -0.25) is 0 Å². The van der Waals surface area contributed by atoms with Gasteiger partial charge in [0.15, 0.2) is 6.04 Å². The summed E-state index contributed by atoms with van der Waals surface area (Å²) in [7, 11) is 9.46. The Labute approximate surface area is 115 Å². The normalized spacial score (nSPS) is 36.5. The highest BCUT2D eigenvalue weighted by molar-refractivity contribution is 4.92. The van der Waals surface area contributed by atoms with Crippen LogP contribution in [0.1, 0.15) is 6.92 Å². The number of nitrogens with zero attached hydrogens (tertiary/aromatic N) is 1. The number of methoxy groups -OCH3 is 2. The smallest absolute Gasteiger partial charge is 0.213 e. The molecule has 0 aromatic heterocycles. The summed E-state index contributed by atoms with van der Waals surface area (Å²) in [5.74, 6) is 0. The molecule has 0 saturated carbocycles. The van der Waals surface area contributed by atoms with Gasteiger partial charge in [-0.05, 0) is 6.92 Å². The first-order valence-electron chi connectivity index (χ1n) is 6.65. The second-order valence-electron chi connectivity index (χ2n) is 5.69. The van der Waals surface area contributed by atoms with Crippen molar-refractivity contribution >= 4 is 0 Å². The van der Waals surface area contributed by atoms with E-state index in [1.165, 1.54) is 0 Å². The maximum atomic E-state index is 9.48. The second-order valence-corrected chi connectivity index (χ2v) is 5.69. The first-order chi connectivity index (χ1) is 8.90. The van der Waals surface area contributed by atoms with E-state index in [9.17, 15) is 5.11 Å². The van der Waals surface area contributed by atoms with Gasteiger partial charge in [0.05, 0.1) is 27.7 Å². The number of rotatable bonds is 6. The van der Waals surface area contributed by atoms with Gasteiger partial charge in [-0.2, -0.15) is 0 Å². The molecule has 5 atom stereocenters. The zero-order valence-electron chi connectivity index (χ0n) is 12.8. The van der Waals surface area contributed by atoms with Crippen LogP contribution in [-0.4, -0.2) is 88.8 Å². The van der Waals surface area contributed by atoms with Crippen LogP contribution in [0.3, 0.4) is 0 Å². The Kier molecular flexibility index (Phi) is 6.16. The summed E-state index contributed by atoms with van der Waals surface area (Å²) in [5.41, 5.74) is 0. The van der Waals surface area contributed by atoms with Crippen LogP contribution in [0.25, 0.3) is 0 Å². The molecular formula is C13H28NO5+. The van der Waals surface area contributed by atoms with Crippen LogP contribution in [0.15, 0.2) is 0 Å². The minimum atomic E-state index is -0.433. The number of aliphatic hydroxyl groups excluding tert-OH is 1. The minimum absolute atomic E-state index is 0.0330. The third-order valence-electron chi connectivity index (χ3n) is 3.55. The fourth-order valence-electron chi connectivity index (χ4n) is 2.71. The van der Waals surface area contributed by atoms with Gasteiger partial charge in [0.1, 0.15) is 18.3 Å². The predicted molar refractivity (Wildman–Crippen MR) is 70.8 cm³/mol. The minimum Gasteiger partial charge on any atom is -0.394 e. The summed E-state index contributed by atoms with van der Waals surface area (Å²) in [6.07, 6.45) is -1.36. The second kappa shape index (κ2) is 6.97. The van der Waals surface area contributed by atoms with E-state index in [1.807, 2.05) is 6.92 Å². The van der Waals surface area contributed by atoms with Gasteiger partial charge in [-0.25, -0.2) is 0 Å². The lowest BCUT2D eigenvalue weighted by Gasteiger charge is -2.49. The van der Waals surface area contributed by atoms with Crippen molar-refractivity contribution in [1.82, 2.24) is 0 Å². The third-order valence-corrected chi connectivity index (χ3v) is 3.55. The molecule has 0 bridgehead atoms. The molecule has 1 rings (SSSR count). The SMILES string of the molecule is CCOC1C(CO)OC(OC)C([N+](C)(C)C)C1OC. The fraction of sp³-hybridized carbons (Fsp3) is 1.00. The van der Waals surface area contributed by atoms with Crippen molar-refractivity contribution in [1.29, 1.82) is 0 Å². The van der Waals surface area contributed by atoms with Crippen molar-refractivity contribution in [3.05, 3.63) is 0 Å². The Balaban J connectivity index is 3.05. The van der Waals surface area contributed by atoms with E-state index >= 15 is 0 Å². The Morgan fingerprint density at radius 2 is 1.74 bits per heavy atom. The van der Waals surface area contributed by atoms with Crippen molar-refractivity contribution < 1.29 is 28.5 Å². The van der Waals surface area contributed by atoms with Crippen LogP contribution >= 0.6 is 0 Å². The third kappa shape index (κ3) is 3.65. The number of aliphatic hydroxyl groups is 1. The number of hydrogen-bond acceptors (Lipinski definition) is 5. The molecule has 114 valence electrons. The lowest BCUT2D eigenvalue weighted by molar-refractivity contribution is -0.909. The van der Waals surface area contributed by atoms with Crippen LogP contribution in [-0.2, 0) is 18.9 Å². The molecule has 1 aliphatic heterocycles. The zero-order valence-corrected chi connectivity index (χ0v) is 12.8. The highest BCUT2D eigenvalue weighted by Crippen LogP contribution is 2.30. The van der Waals surface area contributed by atoms with E-state index in [4.69, 9.17) is 18.9 Å². The van der Waals surface area contributed by atoms with Gasteiger partial charge in [-0.15, -0.1) is 0 Å². The Bertz CT molecular complexity index is 268.